The summed E-state index contributed by atoms with van der Waals surface area (Å²) in [4.78, 5) is 11.2. The first-order valence-electron chi connectivity index (χ1n) is 4.60. The molecule has 0 radical (unpaired) electrons. The minimum absolute atomic E-state index is 0.0885. The second kappa shape index (κ2) is 5.31. The maximum atomic E-state index is 12.5. The fourth-order valence-electron chi connectivity index (χ4n) is 1.21. The minimum Gasteiger partial charge on any atom is -0.398 e. The largest absolute Gasteiger partial charge is 0.418 e. The minimum atomic E-state index is -4.52. The van der Waals surface area contributed by atoms with Crippen molar-refractivity contribution in [2.24, 2.45) is 0 Å². The molecule has 0 unspecified atom stereocenters. The summed E-state index contributed by atoms with van der Waals surface area (Å²) in [6.45, 7) is 0. The Hall–Kier alpha value is -1.37. The van der Waals surface area contributed by atoms with Crippen LogP contribution < -0.4 is 11.1 Å². The molecule has 0 bridgehead atoms. The lowest BCUT2D eigenvalue weighted by molar-refractivity contribution is -0.136. The van der Waals surface area contributed by atoms with E-state index in [1.807, 2.05) is 0 Å². The molecule has 1 aromatic rings. The van der Waals surface area contributed by atoms with E-state index in [9.17, 15) is 18.0 Å². The van der Waals surface area contributed by atoms with Crippen LogP contribution in [-0.2, 0) is 11.0 Å². The van der Waals surface area contributed by atoms with Crippen molar-refractivity contribution in [3.8, 4) is 0 Å². The van der Waals surface area contributed by atoms with Gasteiger partial charge in [0.25, 0.3) is 0 Å². The highest BCUT2D eigenvalue weighted by Crippen LogP contribution is 2.35. The first-order chi connectivity index (χ1) is 7.84. The molecule has 1 amide bonds. The number of nitrogen functional groups attached to an aromatic ring is 1. The smallest absolute Gasteiger partial charge is 0.398 e. The monoisotopic (exact) mass is 264 g/mol. The second-order valence-electron chi connectivity index (χ2n) is 3.28. The molecule has 0 saturated heterocycles. The summed E-state index contributed by atoms with van der Waals surface area (Å²) in [5, 5.41) is 2.37. The van der Waals surface area contributed by atoms with Gasteiger partial charge in [-0.05, 0) is 24.5 Å². The highest BCUT2D eigenvalue weighted by molar-refractivity contribution is 7.99. The van der Waals surface area contributed by atoms with Crippen LogP contribution in [0.3, 0.4) is 0 Å². The topological polar surface area (TPSA) is 55.1 Å². The summed E-state index contributed by atoms with van der Waals surface area (Å²) >= 11 is 1.28. The van der Waals surface area contributed by atoms with Crippen LogP contribution in [0, 0.1) is 0 Å². The van der Waals surface area contributed by atoms with Crippen molar-refractivity contribution in [1.29, 1.82) is 0 Å². The summed E-state index contributed by atoms with van der Waals surface area (Å²) in [6.07, 6.45) is -2.80. The van der Waals surface area contributed by atoms with Gasteiger partial charge in [-0.1, -0.05) is 0 Å². The number of hydrogen-bond acceptors (Lipinski definition) is 3. The van der Waals surface area contributed by atoms with Crippen molar-refractivity contribution in [3.63, 3.8) is 0 Å². The van der Waals surface area contributed by atoms with Crippen LogP contribution in [0.2, 0.25) is 0 Å². The third-order valence-electron chi connectivity index (χ3n) is 1.92. The summed E-state index contributed by atoms with van der Waals surface area (Å²) in [7, 11) is 0. The van der Waals surface area contributed by atoms with Crippen LogP contribution in [-0.4, -0.2) is 17.9 Å². The number of carbonyl (C=O) groups is 1. The lowest BCUT2D eigenvalue weighted by Crippen LogP contribution is -2.15. The van der Waals surface area contributed by atoms with Crippen LogP contribution in [0.1, 0.15) is 5.56 Å². The summed E-state index contributed by atoms with van der Waals surface area (Å²) in [6, 6.07) is 3.29. The summed E-state index contributed by atoms with van der Waals surface area (Å²) in [5.74, 6) is -0.165. The summed E-state index contributed by atoms with van der Waals surface area (Å²) in [5.41, 5.74) is 4.01. The third-order valence-corrected chi connectivity index (χ3v) is 2.47. The van der Waals surface area contributed by atoms with Crippen molar-refractivity contribution in [3.05, 3.63) is 23.8 Å². The molecule has 7 heteroatoms. The maximum Gasteiger partial charge on any atom is 0.418 e. The standard InChI is InChI=1S/C10H11F3N2OS/c1-17-5-9(16)15-6-2-3-8(14)7(4-6)10(11,12)13/h2-4H,5,14H2,1H3,(H,15,16). The fourth-order valence-corrected chi connectivity index (χ4v) is 1.54. The van der Waals surface area contributed by atoms with Crippen LogP contribution in [0.4, 0.5) is 24.5 Å². The van der Waals surface area contributed by atoms with Gasteiger partial charge < -0.3 is 11.1 Å². The van der Waals surface area contributed by atoms with Gasteiger partial charge in [-0.3, -0.25) is 4.79 Å². The molecule has 0 saturated carbocycles. The Morgan fingerprint density at radius 3 is 2.65 bits per heavy atom. The van der Waals surface area contributed by atoms with Crippen molar-refractivity contribution >= 4 is 29.0 Å². The van der Waals surface area contributed by atoms with E-state index >= 15 is 0 Å². The Kier molecular flexibility index (Phi) is 4.28. The molecule has 3 N–H and O–H groups in total. The zero-order valence-corrected chi connectivity index (χ0v) is 9.78. The van der Waals surface area contributed by atoms with Crippen LogP contribution in [0.15, 0.2) is 18.2 Å². The summed E-state index contributed by atoms with van der Waals surface area (Å²) < 4.78 is 37.6. The fraction of sp³-hybridized carbons (Fsp3) is 0.300. The number of anilines is 2. The third kappa shape index (κ3) is 3.85. The molecule has 0 aliphatic rings. The van der Waals surface area contributed by atoms with E-state index in [1.165, 1.54) is 17.8 Å². The van der Waals surface area contributed by atoms with Gasteiger partial charge in [-0.2, -0.15) is 24.9 Å². The molecule has 3 nitrogen and oxygen atoms in total. The van der Waals surface area contributed by atoms with E-state index in [2.05, 4.69) is 5.32 Å². The van der Waals surface area contributed by atoms with Gasteiger partial charge in [0.1, 0.15) is 0 Å². The number of halogens is 3. The van der Waals surface area contributed by atoms with E-state index in [4.69, 9.17) is 5.73 Å². The van der Waals surface area contributed by atoms with E-state index in [1.54, 1.807) is 6.26 Å². The number of nitrogens with two attached hydrogens (primary N) is 1. The Morgan fingerprint density at radius 1 is 1.47 bits per heavy atom. The molecule has 1 aromatic carbocycles. The molecule has 0 aromatic heterocycles. The molecule has 0 spiro atoms. The van der Waals surface area contributed by atoms with Gasteiger partial charge in [0.05, 0.1) is 11.3 Å². The molecule has 0 fully saturated rings. The average Bonchev–Trinajstić information content (AvgIpc) is 2.19. The van der Waals surface area contributed by atoms with Gasteiger partial charge in [0, 0.05) is 11.4 Å². The lowest BCUT2D eigenvalue weighted by Gasteiger charge is -2.12. The normalized spacial score (nSPS) is 11.3. The number of hydrogen-bond donors (Lipinski definition) is 2. The van der Waals surface area contributed by atoms with E-state index < -0.39 is 11.7 Å². The first kappa shape index (κ1) is 13.7. The van der Waals surface area contributed by atoms with Crippen molar-refractivity contribution in [2.75, 3.05) is 23.1 Å². The first-order valence-corrected chi connectivity index (χ1v) is 5.99. The van der Waals surface area contributed by atoms with Crippen LogP contribution in [0.25, 0.3) is 0 Å². The number of thioether (sulfide) groups is 1. The van der Waals surface area contributed by atoms with Gasteiger partial charge >= 0.3 is 6.18 Å². The Balaban J connectivity index is 2.93. The van der Waals surface area contributed by atoms with Crippen molar-refractivity contribution in [1.82, 2.24) is 0 Å². The van der Waals surface area contributed by atoms with Gasteiger partial charge in [-0.25, -0.2) is 0 Å². The van der Waals surface area contributed by atoms with Gasteiger partial charge in [-0.15, -0.1) is 0 Å². The molecular weight excluding hydrogens is 253 g/mol. The molecule has 0 aliphatic carbocycles. The zero-order chi connectivity index (χ0) is 13.1. The van der Waals surface area contributed by atoms with E-state index in [-0.39, 0.29) is 23.0 Å². The molecule has 0 atom stereocenters. The Labute approximate surface area is 101 Å². The molecule has 0 aliphatic heterocycles. The number of benzene rings is 1. The average molecular weight is 264 g/mol. The number of amides is 1. The maximum absolute atomic E-state index is 12.5. The van der Waals surface area contributed by atoms with E-state index in [0.29, 0.717) is 0 Å². The highest BCUT2D eigenvalue weighted by atomic mass is 32.2. The number of rotatable bonds is 3. The van der Waals surface area contributed by atoms with Crippen LogP contribution >= 0.6 is 11.8 Å². The van der Waals surface area contributed by atoms with Crippen molar-refractivity contribution in [2.45, 2.75) is 6.18 Å². The Morgan fingerprint density at radius 2 is 2.12 bits per heavy atom. The second-order valence-corrected chi connectivity index (χ2v) is 4.15. The number of alkyl halides is 3. The number of nitrogens with one attached hydrogen (secondary N) is 1. The lowest BCUT2D eigenvalue weighted by atomic mass is 10.1. The van der Waals surface area contributed by atoms with Crippen LogP contribution in [0.5, 0.6) is 0 Å². The number of carbonyl (C=O) groups excluding carboxylic acids is 1. The quantitative estimate of drug-likeness (QED) is 0.825. The van der Waals surface area contributed by atoms with Crippen molar-refractivity contribution < 1.29 is 18.0 Å². The molecular formula is C10H11F3N2OS. The predicted molar refractivity (Wildman–Crippen MR) is 62.9 cm³/mol. The highest BCUT2D eigenvalue weighted by Gasteiger charge is 2.33. The SMILES string of the molecule is CSCC(=O)Nc1ccc(N)c(C(F)(F)F)c1. The molecule has 17 heavy (non-hydrogen) atoms. The zero-order valence-electron chi connectivity index (χ0n) is 8.97. The van der Waals surface area contributed by atoms with E-state index in [0.717, 1.165) is 12.1 Å². The Bertz CT molecular complexity index is 421. The molecule has 1 rings (SSSR count). The predicted octanol–water partition coefficient (Wildman–Crippen LogP) is 2.59. The molecule has 94 valence electrons. The molecule has 0 heterocycles. The van der Waals surface area contributed by atoms with Gasteiger partial charge in [0.15, 0.2) is 0 Å². The van der Waals surface area contributed by atoms with Gasteiger partial charge in [0.2, 0.25) is 5.91 Å².